The van der Waals surface area contributed by atoms with Crippen LogP contribution >= 0.6 is 0 Å². The lowest BCUT2D eigenvalue weighted by Crippen LogP contribution is -2.38. The third kappa shape index (κ3) is 3.78. The first-order valence-corrected chi connectivity index (χ1v) is 7.50. The molecule has 2 atom stereocenters. The molecular formula is C17H23NO4. The summed E-state index contributed by atoms with van der Waals surface area (Å²) in [5.74, 6) is -0.793. The first-order chi connectivity index (χ1) is 10.2. The fourth-order valence-electron chi connectivity index (χ4n) is 2.77. The van der Waals surface area contributed by atoms with Gasteiger partial charge >= 0.3 is 12.1 Å². The van der Waals surface area contributed by atoms with Gasteiger partial charge in [0.25, 0.3) is 0 Å². The lowest BCUT2D eigenvalue weighted by Gasteiger charge is -2.27. The van der Waals surface area contributed by atoms with Gasteiger partial charge in [0.05, 0.1) is 5.56 Å². The molecule has 0 saturated carbocycles. The quantitative estimate of drug-likeness (QED) is 0.908. The van der Waals surface area contributed by atoms with Crippen molar-refractivity contribution < 1.29 is 19.4 Å². The van der Waals surface area contributed by atoms with E-state index in [1.165, 1.54) is 0 Å². The topological polar surface area (TPSA) is 66.8 Å². The van der Waals surface area contributed by atoms with Gasteiger partial charge in [-0.15, -0.1) is 0 Å². The number of nitrogens with zero attached hydrogens (tertiary/aromatic N) is 1. The summed E-state index contributed by atoms with van der Waals surface area (Å²) in [5.41, 5.74) is 0.719. The highest BCUT2D eigenvalue weighted by Gasteiger charge is 2.35. The third-order valence-corrected chi connectivity index (χ3v) is 3.81. The molecule has 5 nitrogen and oxygen atoms in total. The summed E-state index contributed by atoms with van der Waals surface area (Å²) < 4.78 is 5.43. The Morgan fingerprint density at radius 1 is 1.32 bits per heavy atom. The Morgan fingerprint density at radius 2 is 2.00 bits per heavy atom. The molecule has 0 spiro atoms. The molecule has 1 saturated heterocycles. The van der Waals surface area contributed by atoms with Crippen LogP contribution < -0.4 is 0 Å². The standard InChI is InChI=1S/C17H23NO4/c1-11-8-14(10-18(11)16(21)22-17(2,3)4)12-6-5-7-13(9-12)15(19)20/h5-7,9,11,14H,8,10H2,1-4H3,(H,19,20)/t11-,14+/m0/s1. The summed E-state index contributed by atoms with van der Waals surface area (Å²) in [6.07, 6.45) is 0.499. The second-order valence-corrected chi connectivity index (χ2v) is 6.84. The molecule has 2 rings (SSSR count). The summed E-state index contributed by atoms with van der Waals surface area (Å²) in [6, 6.07) is 7.02. The number of hydrogen-bond donors (Lipinski definition) is 1. The van der Waals surface area contributed by atoms with Gasteiger partial charge in [0.1, 0.15) is 5.60 Å². The highest BCUT2D eigenvalue weighted by molar-refractivity contribution is 5.87. The van der Waals surface area contributed by atoms with E-state index in [-0.39, 0.29) is 23.6 Å². The fourth-order valence-corrected chi connectivity index (χ4v) is 2.77. The Kier molecular flexibility index (Phi) is 4.44. The average molecular weight is 305 g/mol. The maximum Gasteiger partial charge on any atom is 0.410 e. The molecule has 1 fully saturated rings. The molecule has 5 heteroatoms. The molecule has 1 amide bonds. The van der Waals surface area contributed by atoms with E-state index < -0.39 is 11.6 Å². The van der Waals surface area contributed by atoms with E-state index in [9.17, 15) is 9.59 Å². The predicted octanol–water partition coefficient (Wildman–Crippen LogP) is 3.50. The molecule has 0 aromatic heterocycles. The van der Waals surface area contributed by atoms with Crippen LogP contribution in [0.4, 0.5) is 4.79 Å². The summed E-state index contributed by atoms with van der Waals surface area (Å²) in [4.78, 5) is 25.0. The Balaban J connectivity index is 2.12. The van der Waals surface area contributed by atoms with Crippen LogP contribution in [0, 0.1) is 0 Å². The van der Waals surface area contributed by atoms with E-state index in [0.717, 1.165) is 12.0 Å². The van der Waals surface area contributed by atoms with E-state index in [4.69, 9.17) is 9.84 Å². The van der Waals surface area contributed by atoms with Crippen molar-refractivity contribution in [2.75, 3.05) is 6.54 Å². The lowest BCUT2D eigenvalue weighted by atomic mass is 9.95. The van der Waals surface area contributed by atoms with Crippen molar-refractivity contribution in [3.63, 3.8) is 0 Å². The molecule has 0 aliphatic carbocycles. The lowest BCUT2D eigenvalue weighted by molar-refractivity contribution is 0.0237. The number of hydrogen-bond acceptors (Lipinski definition) is 3. The van der Waals surface area contributed by atoms with Gasteiger partial charge in [-0.2, -0.15) is 0 Å². The zero-order valence-corrected chi connectivity index (χ0v) is 13.5. The van der Waals surface area contributed by atoms with Gasteiger partial charge in [-0.25, -0.2) is 9.59 Å². The second kappa shape index (κ2) is 5.99. The van der Waals surface area contributed by atoms with Crippen LogP contribution in [0.1, 0.15) is 56.0 Å². The predicted molar refractivity (Wildman–Crippen MR) is 83.2 cm³/mol. The zero-order valence-electron chi connectivity index (χ0n) is 13.5. The highest BCUT2D eigenvalue weighted by Crippen LogP contribution is 2.33. The molecule has 1 N–H and O–H groups in total. The van der Waals surface area contributed by atoms with Crippen molar-refractivity contribution in [3.05, 3.63) is 35.4 Å². The number of aromatic carboxylic acids is 1. The monoisotopic (exact) mass is 305 g/mol. The van der Waals surface area contributed by atoms with Crippen molar-refractivity contribution in [1.82, 2.24) is 4.90 Å². The normalized spacial score (nSPS) is 21.7. The summed E-state index contributed by atoms with van der Waals surface area (Å²) in [5, 5.41) is 9.09. The van der Waals surface area contributed by atoms with Gasteiger partial charge in [0.15, 0.2) is 0 Å². The van der Waals surface area contributed by atoms with E-state index >= 15 is 0 Å². The molecule has 120 valence electrons. The van der Waals surface area contributed by atoms with Crippen molar-refractivity contribution in [2.45, 2.75) is 51.7 Å². The molecule has 1 aliphatic heterocycles. The zero-order chi connectivity index (χ0) is 16.5. The minimum atomic E-state index is -0.933. The van der Waals surface area contributed by atoms with Gasteiger partial charge in [-0.1, -0.05) is 12.1 Å². The average Bonchev–Trinajstić information content (AvgIpc) is 2.79. The third-order valence-electron chi connectivity index (χ3n) is 3.81. The summed E-state index contributed by atoms with van der Waals surface area (Å²) >= 11 is 0. The SMILES string of the molecule is C[C@H]1C[C@@H](c2cccc(C(=O)O)c2)CN1C(=O)OC(C)(C)C. The van der Waals surface area contributed by atoms with Crippen LogP contribution in [-0.2, 0) is 4.74 Å². The Labute approximate surface area is 130 Å². The van der Waals surface area contributed by atoms with E-state index in [0.29, 0.717) is 6.54 Å². The fraction of sp³-hybridized carbons (Fsp3) is 0.529. The Morgan fingerprint density at radius 3 is 2.59 bits per heavy atom. The Hall–Kier alpha value is -2.04. The van der Waals surface area contributed by atoms with Gasteiger partial charge < -0.3 is 14.7 Å². The number of carboxylic acid groups (broad SMARTS) is 1. The molecular weight excluding hydrogens is 282 g/mol. The van der Waals surface area contributed by atoms with E-state index in [1.54, 1.807) is 23.1 Å². The number of carbonyl (C=O) groups is 2. The first kappa shape index (κ1) is 16.3. The minimum Gasteiger partial charge on any atom is -0.478 e. The molecule has 22 heavy (non-hydrogen) atoms. The molecule has 1 heterocycles. The Bertz CT molecular complexity index is 576. The number of amides is 1. The number of ether oxygens (including phenoxy) is 1. The first-order valence-electron chi connectivity index (χ1n) is 7.50. The maximum atomic E-state index is 12.2. The van der Waals surface area contributed by atoms with E-state index in [2.05, 4.69) is 0 Å². The minimum absolute atomic E-state index is 0.0772. The highest BCUT2D eigenvalue weighted by atomic mass is 16.6. The van der Waals surface area contributed by atoms with Crippen LogP contribution in [0.25, 0.3) is 0 Å². The second-order valence-electron chi connectivity index (χ2n) is 6.84. The largest absolute Gasteiger partial charge is 0.478 e. The number of carbonyl (C=O) groups excluding carboxylic acids is 1. The van der Waals surface area contributed by atoms with Crippen molar-refractivity contribution in [1.29, 1.82) is 0 Å². The molecule has 1 aromatic carbocycles. The van der Waals surface area contributed by atoms with Crippen LogP contribution in [0.3, 0.4) is 0 Å². The van der Waals surface area contributed by atoms with Gasteiger partial charge in [-0.05, 0) is 51.8 Å². The van der Waals surface area contributed by atoms with Crippen LogP contribution in [0.2, 0.25) is 0 Å². The number of benzene rings is 1. The maximum absolute atomic E-state index is 12.2. The van der Waals surface area contributed by atoms with Crippen molar-refractivity contribution in [2.24, 2.45) is 0 Å². The van der Waals surface area contributed by atoms with Gasteiger partial charge in [0.2, 0.25) is 0 Å². The summed E-state index contributed by atoms with van der Waals surface area (Å²) in [7, 11) is 0. The van der Waals surface area contributed by atoms with Crippen LogP contribution in [0.15, 0.2) is 24.3 Å². The van der Waals surface area contributed by atoms with Crippen LogP contribution in [0.5, 0.6) is 0 Å². The molecule has 0 unspecified atom stereocenters. The molecule has 0 bridgehead atoms. The molecule has 1 aromatic rings. The molecule has 0 radical (unpaired) electrons. The van der Waals surface area contributed by atoms with Crippen molar-refractivity contribution >= 4 is 12.1 Å². The molecule has 1 aliphatic rings. The van der Waals surface area contributed by atoms with Gasteiger partial charge in [-0.3, -0.25) is 0 Å². The number of likely N-dealkylation sites (tertiary alicyclic amines) is 1. The number of rotatable bonds is 2. The number of carboxylic acids is 1. The van der Waals surface area contributed by atoms with E-state index in [1.807, 2.05) is 33.8 Å². The van der Waals surface area contributed by atoms with Crippen molar-refractivity contribution in [3.8, 4) is 0 Å². The summed E-state index contributed by atoms with van der Waals surface area (Å²) in [6.45, 7) is 8.09. The van der Waals surface area contributed by atoms with Gasteiger partial charge in [0, 0.05) is 18.5 Å². The smallest absolute Gasteiger partial charge is 0.410 e. The van der Waals surface area contributed by atoms with Crippen LogP contribution in [-0.4, -0.2) is 40.3 Å².